The Kier molecular flexibility index (Phi) is 3.32. The molecule has 2 heterocycles. The van der Waals surface area contributed by atoms with E-state index in [9.17, 15) is 14.9 Å². The molecule has 0 saturated carbocycles. The first-order valence-electron chi connectivity index (χ1n) is 5.51. The lowest BCUT2D eigenvalue weighted by Crippen LogP contribution is -2.34. The maximum absolute atomic E-state index is 10.6. The Hall–Kier alpha value is -1.98. The van der Waals surface area contributed by atoms with Gasteiger partial charge in [-0.25, -0.2) is 0 Å². The van der Waals surface area contributed by atoms with Gasteiger partial charge in [-0.1, -0.05) is 0 Å². The number of piperidine rings is 1. The van der Waals surface area contributed by atoms with Gasteiger partial charge in [-0.3, -0.25) is 0 Å². The summed E-state index contributed by atoms with van der Waals surface area (Å²) in [7, 11) is 0. The quantitative estimate of drug-likeness (QED) is 0.449. The maximum atomic E-state index is 10.6. The lowest BCUT2D eigenvalue weighted by Gasteiger charge is -2.30. The van der Waals surface area contributed by atoms with Gasteiger partial charge in [0.15, 0.2) is 6.20 Å². The van der Waals surface area contributed by atoms with Gasteiger partial charge < -0.3 is 19.8 Å². The number of hydrogen-bond donors (Lipinski definition) is 0. The van der Waals surface area contributed by atoms with Gasteiger partial charge in [0.05, 0.1) is 5.69 Å². The fraction of sp³-hybridized carbons (Fsp3) is 0.455. The van der Waals surface area contributed by atoms with Gasteiger partial charge in [0, 0.05) is 25.1 Å². The minimum absolute atomic E-state index is 0.142. The maximum Gasteiger partial charge on any atom is 0.363 e. The fourth-order valence-electron chi connectivity index (χ4n) is 1.97. The molecule has 1 aromatic heterocycles. The normalized spacial score (nSPS) is 16.8. The highest BCUT2D eigenvalue weighted by atomic mass is 16.6. The molecule has 17 heavy (non-hydrogen) atoms. The molecule has 6 heteroatoms. The van der Waals surface area contributed by atoms with E-state index in [4.69, 9.17) is 0 Å². The molecule has 90 valence electrons. The molecule has 6 nitrogen and oxygen atoms in total. The Balaban J connectivity index is 2.03. The summed E-state index contributed by atoms with van der Waals surface area (Å²) in [4.78, 5) is 26.4. The zero-order valence-corrected chi connectivity index (χ0v) is 9.28. The molecule has 0 bridgehead atoms. The van der Waals surface area contributed by atoms with Crippen LogP contribution in [0.4, 0.5) is 11.5 Å². The van der Waals surface area contributed by atoms with Crippen molar-refractivity contribution >= 4 is 17.8 Å². The molecule has 1 aromatic rings. The number of rotatable bonds is 3. The Morgan fingerprint density at radius 3 is 2.59 bits per heavy atom. The van der Waals surface area contributed by atoms with Gasteiger partial charge in [0.2, 0.25) is 0 Å². The van der Waals surface area contributed by atoms with E-state index >= 15 is 0 Å². The van der Waals surface area contributed by atoms with Crippen molar-refractivity contribution in [3.63, 3.8) is 0 Å². The summed E-state index contributed by atoms with van der Waals surface area (Å²) in [6, 6.07) is 3.10. The molecule has 1 aliphatic rings. The van der Waals surface area contributed by atoms with Crippen molar-refractivity contribution in [2.45, 2.75) is 12.8 Å². The van der Waals surface area contributed by atoms with E-state index in [0.29, 0.717) is 0 Å². The van der Waals surface area contributed by atoms with Crippen molar-refractivity contribution in [3.8, 4) is 0 Å². The number of carbonyl (C=O) groups is 1. The first-order chi connectivity index (χ1) is 8.20. The molecule has 0 aromatic carbocycles. The number of carbonyl (C=O) groups excluding carboxylic acids is 1. The smallest absolute Gasteiger partial charge is 0.363 e. The summed E-state index contributed by atoms with van der Waals surface area (Å²) in [5.74, 6) is 0.00813. The molecule has 0 amide bonds. The van der Waals surface area contributed by atoms with Crippen LogP contribution in [0.5, 0.6) is 0 Å². The van der Waals surface area contributed by atoms with Gasteiger partial charge in [-0.05, 0) is 28.8 Å². The number of anilines is 1. The van der Waals surface area contributed by atoms with E-state index in [0.717, 1.165) is 37.9 Å². The second kappa shape index (κ2) is 4.90. The first-order valence-corrected chi connectivity index (χ1v) is 5.51. The molecular weight excluding hydrogens is 222 g/mol. The van der Waals surface area contributed by atoms with Crippen LogP contribution in [0.2, 0.25) is 0 Å². The average molecular weight is 235 g/mol. The van der Waals surface area contributed by atoms with Crippen LogP contribution in [0, 0.1) is 16.0 Å². The topological polar surface area (TPSA) is 76.3 Å². The van der Waals surface area contributed by atoms with Crippen molar-refractivity contribution in [1.29, 1.82) is 0 Å². The van der Waals surface area contributed by atoms with Gasteiger partial charge in [0.1, 0.15) is 6.29 Å². The highest BCUT2D eigenvalue weighted by Crippen LogP contribution is 2.22. The number of hydrogen-bond acceptors (Lipinski definition) is 5. The highest BCUT2D eigenvalue weighted by Gasteiger charge is 2.20. The number of nitrogens with zero attached hydrogens (tertiary/aromatic N) is 3. The van der Waals surface area contributed by atoms with E-state index in [1.54, 1.807) is 6.07 Å². The predicted octanol–water partition coefficient (Wildman–Crippen LogP) is 1.41. The number of nitro groups is 1. The van der Waals surface area contributed by atoms with Crippen LogP contribution >= 0.6 is 0 Å². The third-order valence-corrected chi connectivity index (χ3v) is 3.02. The van der Waals surface area contributed by atoms with Gasteiger partial charge >= 0.3 is 5.82 Å². The van der Waals surface area contributed by atoms with Crippen LogP contribution in [0.15, 0.2) is 18.3 Å². The van der Waals surface area contributed by atoms with Gasteiger partial charge in [-0.2, -0.15) is 0 Å². The largest absolute Gasteiger partial charge is 0.368 e. The average Bonchev–Trinajstić information content (AvgIpc) is 2.39. The molecule has 2 rings (SSSR count). The molecule has 0 unspecified atom stereocenters. The summed E-state index contributed by atoms with van der Waals surface area (Å²) in [5.41, 5.74) is 0.875. The van der Waals surface area contributed by atoms with Crippen molar-refractivity contribution in [1.82, 2.24) is 4.98 Å². The minimum Gasteiger partial charge on any atom is -0.368 e. The van der Waals surface area contributed by atoms with Crippen LogP contribution < -0.4 is 4.90 Å². The molecule has 1 saturated heterocycles. The molecule has 0 aliphatic carbocycles. The lowest BCUT2D eigenvalue weighted by atomic mass is 9.98. The van der Waals surface area contributed by atoms with Crippen molar-refractivity contribution in [3.05, 3.63) is 28.4 Å². The third-order valence-electron chi connectivity index (χ3n) is 3.02. The number of pyridine rings is 1. The molecule has 0 N–H and O–H groups in total. The van der Waals surface area contributed by atoms with Crippen LogP contribution in [-0.4, -0.2) is 29.3 Å². The third kappa shape index (κ3) is 2.58. The van der Waals surface area contributed by atoms with Crippen molar-refractivity contribution < 1.29 is 9.72 Å². The Labute approximate surface area is 98.4 Å². The predicted molar refractivity (Wildman–Crippen MR) is 61.9 cm³/mol. The van der Waals surface area contributed by atoms with Crippen molar-refractivity contribution in [2.24, 2.45) is 5.92 Å². The fourth-order valence-corrected chi connectivity index (χ4v) is 1.97. The summed E-state index contributed by atoms with van der Waals surface area (Å²) in [6.07, 6.45) is 4.19. The van der Waals surface area contributed by atoms with Crippen LogP contribution in [0.25, 0.3) is 0 Å². The Morgan fingerprint density at radius 1 is 1.41 bits per heavy atom. The lowest BCUT2D eigenvalue weighted by molar-refractivity contribution is -0.389. The van der Waals surface area contributed by atoms with Crippen LogP contribution in [-0.2, 0) is 4.79 Å². The second-order valence-electron chi connectivity index (χ2n) is 4.09. The van der Waals surface area contributed by atoms with Crippen LogP contribution in [0.3, 0.4) is 0 Å². The summed E-state index contributed by atoms with van der Waals surface area (Å²) < 4.78 is 0. The zero-order valence-electron chi connectivity index (χ0n) is 9.28. The van der Waals surface area contributed by atoms with E-state index in [2.05, 4.69) is 9.88 Å². The first kappa shape index (κ1) is 11.5. The standard InChI is InChI=1S/C11H13N3O3/c15-8-9-3-5-13(6-4-9)10-1-2-11(12-7-10)14(16)17/h1-2,7-9H,3-6H2. The van der Waals surface area contributed by atoms with E-state index in [1.165, 1.54) is 12.3 Å². The molecule has 0 atom stereocenters. The number of aldehydes is 1. The van der Waals surface area contributed by atoms with E-state index < -0.39 is 4.92 Å². The summed E-state index contributed by atoms with van der Waals surface area (Å²) in [6.45, 7) is 1.59. The summed E-state index contributed by atoms with van der Waals surface area (Å²) in [5, 5.41) is 10.5. The van der Waals surface area contributed by atoms with Gasteiger partial charge in [0.25, 0.3) is 0 Å². The second-order valence-corrected chi connectivity index (χ2v) is 4.09. The van der Waals surface area contributed by atoms with Gasteiger partial charge in [-0.15, -0.1) is 0 Å². The highest BCUT2D eigenvalue weighted by molar-refractivity contribution is 5.55. The summed E-state index contributed by atoms with van der Waals surface area (Å²) >= 11 is 0. The molecule has 1 aliphatic heterocycles. The molecule has 1 fully saturated rings. The SMILES string of the molecule is O=CC1CCN(c2ccc([N+](=O)[O-])nc2)CC1. The molecule has 0 spiro atoms. The molecule has 0 radical (unpaired) electrons. The van der Waals surface area contributed by atoms with E-state index in [-0.39, 0.29) is 11.7 Å². The Morgan fingerprint density at radius 2 is 2.12 bits per heavy atom. The van der Waals surface area contributed by atoms with E-state index in [1.807, 2.05) is 0 Å². The molecular formula is C11H13N3O3. The Bertz CT molecular complexity index is 410. The van der Waals surface area contributed by atoms with Crippen LogP contribution in [0.1, 0.15) is 12.8 Å². The van der Waals surface area contributed by atoms with Crippen molar-refractivity contribution in [2.75, 3.05) is 18.0 Å². The monoisotopic (exact) mass is 235 g/mol. The minimum atomic E-state index is -0.512. The number of aromatic nitrogens is 1. The zero-order chi connectivity index (χ0) is 12.3.